The fraction of sp³-hybridized carbons (Fsp3) is 0.133. The first-order chi connectivity index (χ1) is 10.7. The molecule has 0 fully saturated rings. The maximum absolute atomic E-state index is 11.7. The van der Waals surface area contributed by atoms with Gasteiger partial charge in [-0.05, 0) is 29.8 Å². The van der Waals surface area contributed by atoms with Crippen LogP contribution >= 0.6 is 0 Å². The van der Waals surface area contributed by atoms with Crippen LogP contribution in [0.15, 0.2) is 42.6 Å². The maximum Gasteiger partial charge on any atom is 0.314 e. The SMILES string of the molecule is O=C(NCc1ccc2c(c1)OCO2)C(=O)Nc1ccccn1. The Morgan fingerprint density at radius 2 is 1.95 bits per heavy atom. The number of benzene rings is 1. The van der Waals surface area contributed by atoms with Crippen LogP contribution in [0.3, 0.4) is 0 Å². The zero-order valence-electron chi connectivity index (χ0n) is 11.5. The molecule has 2 amide bonds. The van der Waals surface area contributed by atoms with Crippen LogP contribution in [0.5, 0.6) is 11.5 Å². The number of anilines is 1. The van der Waals surface area contributed by atoms with Crippen LogP contribution in [-0.2, 0) is 16.1 Å². The predicted octanol–water partition coefficient (Wildman–Crippen LogP) is 1.07. The van der Waals surface area contributed by atoms with E-state index in [4.69, 9.17) is 9.47 Å². The fourth-order valence-corrected chi connectivity index (χ4v) is 1.92. The maximum atomic E-state index is 11.7. The Kier molecular flexibility index (Phi) is 3.86. The highest BCUT2D eigenvalue weighted by Gasteiger charge is 2.16. The monoisotopic (exact) mass is 299 g/mol. The Balaban J connectivity index is 1.54. The summed E-state index contributed by atoms with van der Waals surface area (Å²) in [4.78, 5) is 27.4. The summed E-state index contributed by atoms with van der Waals surface area (Å²) in [6.45, 7) is 0.405. The van der Waals surface area contributed by atoms with E-state index in [0.29, 0.717) is 17.3 Å². The van der Waals surface area contributed by atoms with E-state index >= 15 is 0 Å². The largest absolute Gasteiger partial charge is 0.454 e. The molecular weight excluding hydrogens is 286 g/mol. The average molecular weight is 299 g/mol. The molecule has 2 aromatic rings. The van der Waals surface area contributed by atoms with Crippen molar-refractivity contribution in [2.24, 2.45) is 0 Å². The molecular formula is C15H13N3O4. The second-order valence-corrected chi connectivity index (χ2v) is 4.54. The second-order valence-electron chi connectivity index (χ2n) is 4.54. The van der Waals surface area contributed by atoms with Crippen LogP contribution in [-0.4, -0.2) is 23.6 Å². The molecule has 112 valence electrons. The Bertz CT molecular complexity index is 703. The second kappa shape index (κ2) is 6.13. The summed E-state index contributed by atoms with van der Waals surface area (Å²) in [5, 5.41) is 4.95. The number of pyridine rings is 1. The molecule has 0 unspecified atom stereocenters. The van der Waals surface area contributed by atoms with Gasteiger partial charge in [0.25, 0.3) is 0 Å². The van der Waals surface area contributed by atoms with Gasteiger partial charge >= 0.3 is 11.8 Å². The van der Waals surface area contributed by atoms with E-state index in [9.17, 15) is 9.59 Å². The summed E-state index contributed by atoms with van der Waals surface area (Å²) in [6, 6.07) is 10.4. The minimum atomic E-state index is -0.764. The normalized spacial score (nSPS) is 11.8. The topological polar surface area (TPSA) is 89.5 Å². The lowest BCUT2D eigenvalue weighted by Gasteiger charge is -2.06. The molecule has 0 atom stereocenters. The third-order valence-electron chi connectivity index (χ3n) is 3.00. The molecule has 0 radical (unpaired) electrons. The van der Waals surface area contributed by atoms with E-state index in [0.717, 1.165) is 5.56 Å². The minimum Gasteiger partial charge on any atom is -0.454 e. The van der Waals surface area contributed by atoms with Gasteiger partial charge in [0.05, 0.1) is 0 Å². The molecule has 0 bridgehead atoms. The average Bonchev–Trinajstić information content (AvgIpc) is 3.01. The molecule has 1 aliphatic heterocycles. The van der Waals surface area contributed by atoms with Crippen molar-refractivity contribution in [2.45, 2.75) is 6.54 Å². The summed E-state index contributed by atoms with van der Waals surface area (Å²) in [5.41, 5.74) is 0.809. The van der Waals surface area contributed by atoms with Crippen LogP contribution in [0.2, 0.25) is 0 Å². The first-order valence-electron chi connectivity index (χ1n) is 6.61. The van der Waals surface area contributed by atoms with Gasteiger partial charge in [-0.1, -0.05) is 12.1 Å². The Labute approximate surface area is 126 Å². The Morgan fingerprint density at radius 1 is 1.09 bits per heavy atom. The lowest BCUT2D eigenvalue weighted by atomic mass is 10.2. The number of aromatic nitrogens is 1. The third-order valence-corrected chi connectivity index (χ3v) is 3.00. The lowest BCUT2D eigenvalue weighted by molar-refractivity contribution is -0.136. The van der Waals surface area contributed by atoms with Crippen molar-refractivity contribution in [2.75, 3.05) is 12.1 Å². The van der Waals surface area contributed by atoms with E-state index in [1.165, 1.54) is 6.20 Å². The molecule has 1 aromatic heterocycles. The molecule has 7 heteroatoms. The number of rotatable bonds is 3. The van der Waals surface area contributed by atoms with E-state index in [1.807, 2.05) is 0 Å². The summed E-state index contributed by atoms with van der Waals surface area (Å²) < 4.78 is 10.5. The fourth-order valence-electron chi connectivity index (χ4n) is 1.92. The number of carbonyl (C=O) groups excluding carboxylic acids is 2. The first kappa shape index (κ1) is 13.9. The number of amides is 2. The molecule has 0 saturated carbocycles. The van der Waals surface area contributed by atoms with Gasteiger partial charge in [-0.25, -0.2) is 4.98 Å². The summed E-state index contributed by atoms with van der Waals surface area (Å²) in [6.07, 6.45) is 1.53. The molecule has 0 spiro atoms. The van der Waals surface area contributed by atoms with Crippen molar-refractivity contribution in [1.29, 1.82) is 0 Å². The quantitative estimate of drug-likeness (QED) is 0.827. The van der Waals surface area contributed by atoms with Gasteiger partial charge in [-0.3, -0.25) is 9.59 Å². The van der Waals surface area contributed by atoms with Gasteiger partial charge in [-0.2, -0.15) is 0 Å². The standard InChI is InChI=1S/C15H13N3O4/c19-14(15(20)18-13-3-1-2-6-16-13)17-8-10-4-5-11-12(7-10)22-9-21-11/h1-7H,8-9H2,(H,17,19)(H,16,18,20). The van der Waals surface area contributed by atoms with Crippen molar-refractivity contribution in [3.63, 3.8) is 0 Å². The van der Waals surface area contributed by atoms with Crippen LogP contribution < -0.4 is 20.1 Å². The first-order valence-corrected chi connectivity index (χ1v) is 6.61. The third kappa shape index (κ3) is 3.14. The summed E-state index contributed by atoms with van der Waals surface area (Å²) in [5.74, 6) is 0.126. The van der Waals surface area contributed by atoms with Gasteiger partial charge in [0, 0.05) is 12.7 Å². The smallest absolute Gasteiger partial charge is 0.314 e. The van der Waals surface area contributed by atoms with Crippen molar-refractivity contribution in [1.82, 2.24) is 10.3 Å². The number of fused-ring (bicyclic) bond motifs is 1. The van der Waals surface area contributed by atoms with E-state index in [2.05, 4.69) is 15.6 Å². The summed E-state index contributed by atoms with van der Waals surface area (Å²) in [7, 11) is 0. The van der Waals surface area contributed by atoms with E-state index in [1.54, 1.807) is 36.4 Å². The van der Waals surface area contributed by atoms with E-state index < -0.39 is 11.8 Å². The molecule has 1 aromatic carbocycles. The molecule has 3 rings (SSSR count). The molecule has 7 nitrogen and oxygen atoms in total. The molecule has 0 saturated heterocycles. The number of nitrogens with zero attached hydrogens (tertiary/aromatic N) is 1. The number of hydrogen-bond acceptors (Lipinski definition) is 5. The number of hydrogen-bond donors (Lipinski definition) is 2. The van der Waals surface area contributed by atoms with E-state index in [-0.39, 0.29) is 13.3 Å². The molecule has 0 aliphatic carbocycles. The molecule has 2 heterocycles. The Morgan fingerprint density at radius 3 is 2.77 bits per heavy atom. The summed E-state index contributed by atoms with van der Waals surface area (Å²) >= 11 is 0. The molecule has 22 heavy (non-hydrogen) atoms. The Hall–Kier alpha value is -3.09. The molecule has 2 N–H and O–H groups in total. The number of ether oxygens (including phenoxy) is 2. The zero-order valence-corrected chi connectivity index (χ0v) is 11.5. The van der Waals surface area contributed by atoms with Crippen LogP contribution in [0.4, 0.5) is 5.82 Å². The highest BCUT2D eigenvalue weighted by Crippen LogP contribution is 2.32. The highest BCUT2D eigenvalue weighted by atomic mass is 16.7. The van der Waals surface area contributed by atoms with Crippen molar-refractivity contribution in [3.8, 4) is 11.5 Å². The molecule has 1 aliphatic rings. The van der Waals surface area contributed by atoms with Crippen molar-refractivity contribution in [3.05, 3.63) is 48.2 Å². The minimum absolute atomic E-state index is 0.192. The van der Waals surface area contributed by atoms with Gasteiger partial charge < -0.3 is 20.1 Å². The van der Waals surface area contributed by atoms with Gasteiger partial charge in [-0.15, -0.1) is 0 Å². The highest BCUT2D eigenvalue weighted by molar-refractivity contribution is 6.39. The van der Waals surface area contributed by atoms with Crippen molar-refractivity contribution < 1.29 is 19.1 Å². The predicted molar refractivity (Wildman–Crippen MR) is 77.3 cm³/mol. The van der Waals surface area contributed by atoms with Crippen LogP contribution in [0, 0.1) is 0 Å². The zero-order chi connectivity index (χ0) is 15.4. The number of nitrogens with one attached hydrogen (secondary N) is 2. The number of carbonyl (C=O) groups is 2. The van der Waals surface area contributed by atoms with Gasteiger partial charge in [0.2, 0.25) is 6.79 Å². The van der Waals surface area contributed by atoms with Gasteiger partial charge in [0.1, 0.15) is 5.82 Å². The van der Waals surface area contributed by atoms with Crippen LogP contribution in [0.1, 0.15) is 5.56 Å². The lowest BCUT2D eigenvalue weighted by Crippen LogP contribution is -2.35. The van der Waals surface area contributed by atoms with Crippen LogP contribution in [0.25, 0.3) is 0 Å². The van der Waals surface area contributed by atoms with Crippen molar-refractivity contribution >= 4 is 17.6 Å². The van der Waals surface area contributed by atoms with Gasteiger partial charge in [0.15, 0.2) is 11.5 Å².